The number of nitrogens with two attached hydrogens (primary N) is 1. The van der Waals surface area contributed by atoms with Crippen LogP contribution in [0.5, 0.6) is 0 Å². The average Bonchev–Trinajstić information content (AvgIpc) is 2.34. The Morgan fingerprint density at radius 1 is 1.30 bits per heavy atom. The van der Waals surface area contributed by atoms with Crippen molar-refractivity contribution in [3.63, 3.8) is 0 Å². The topological polar surface area (TPSA) is 96.0 Å². The molecule has 20 heavy (non-hydrogen) atoms. The maximum atomic E-state index is 12.2. The Morgan fingerprint density at radius 3 is 2.30 bits per heavy atom. The van der Waals surface area contributed by atoms with E-state index in [0.29, 0.717) is 5.56 Å². The Labute approximate surface area is 118 Å². The number of amides is 2. The smallest absolute Gasteiger partial charge is 0.251 e. The fraction of sp³-hybridized carbons (Fsp3) is 0.400. The summed E-state index contributed by atoms with van der Waals surface area (Å²) in [6, 6.07) is 6.58. The molecule has 2 atom stereocenters. The fourth-order valence-electron chi connectivity index (χ4n) is 2.09. The molecule has 0 heterocycles. The van der Waals surface area contributed by atoms with Gasteiger partial charge in [0, 0.05) is 12.0 Å². The number of hydrogen-bond donors (Lipinski definition) is 2. The monoisotopic (exact) mass is 273 g/mol. The fourth-order valence-corrected chi connectivity index (χ4v) is 2.09. The molecule has 1 aromatic carbocycles. The van der Waals surface area contributed by atoms with Crippen molar-refractivity contribution in [1.29, 1.82) is 5.26 Å². The van der Waals surface area contributed by atoms with Gasteiger partial charge >= 0.3 is 0 Å². The van der Waals surface area contributed by atoms with E-state index in [1.165, 1.54) is 0 Å². The molecule has 1 rings (SSSR count). The second-order valence-electron chi connectivity index (χ2n) is 5.07. The van der Waals surface area contributed by atoms with Crippen LogP contribution < -0.4 is 11.1 Å². The van der Waals surface area contributed by atoms with Crippen LogP contribution in [0.1, 0.15) is 34.8 Å². The second kappa shape index (κ2) is 6.71. The van der Waals surface area contributed by atoms with E-state index in [0.717, 1.165) is 11.1 Å². The van der Waals surface area contributed by atoms with E-state index in [4.69, 9.17) is 11.0 Å². The van der Waals surface area contributed by atoms with Crippen LogP contribution >= 0.6 is 0 Å². The third-order valence-electron chi connectivity index (χ3n) is 3.06. The first-order chi connectivity index (χ1) is 9.35. The number of rotatable bonds is 5. The van der Waals surface area contributed by atoms with E-state index in [9.17, 15) is 9.59 Å². The molecule has 5 heteroatoms. The van der Waals surface area contributed by atoms with Crippen molar-refractivity contribution in [3.05, 3.63) is 34.9 Å². The summed E-state index contributed by atoms with van der Waals surface area (Å²) in [6.45, 7) is 5.50. The van der Waals surface area contributed by atoms with Crippen LogP contribution in [0.25, 0.3) is 0 Å². The Morgan fingerprint density at radius 2 is 1.85 bits per heavy atom. The Bertz CT molecular complexity index is 540. The molecule has 3 N–H and O–H groups in total. The first-order valence-electron chi connectivity index (χ1n) is 6.40. The Hall–Kier alpha value is -2.35. The Kier molecular flexibility index (Phi) is 5.27. The molecule has 0 aliphatic heterocycles. The van der Waals surface area contributed by atoms with Crippen molar-refractivity contribution < 1.29 is 9.59 Å². The van der Waals surface area contributed by atoms with Gasteiger partial charge in [0.05, 0.1) is 6.07 Å². The summed E-state index contributed by atoms with van der Waals surface area (Å²) in [5.74, 6) is -1.32. The molecule has 0 aliphatic rings. The minimum atomic E-state index is -0.844. The van der Waals surface area contributed by atoms with Crippen LogP contribution in [0.2, 0.25) is 0 Å². The van der Waals surface area contributed by atoms with E-state index < -0.39 is 11.9 Å². The van der Waals surface area contributed by atoms with E-state index >= 15 is 0 Å². The van der Waals surface area contributed by atoms with Crippen LogP contribution in [-0.2, 0) is 4.79 Å². The number of carbonyl (C=O) groups is 2. The highest BCUT2D eigenvalue weighted by molar-refractivity contribution is 5.97. The van der Waals surface area contributed by atoms with E-state index in [1.54, 1.807) is 19.1 Å². The number of carbonyl (C=O) groups excluding carboxylic acids is 2. The molecule has 2 amide bonds. The zero-order chi connectivity index (χ0) is 15.3. The molecule has 5 nitrogen and oxygen atoms in total. The van der Waals surface area contributed by atoms with Gasteiger partial charge in [0.25, 0.3) is 5.91 Å². The highest BCUT2D eigenvalue weighted by Gasteiger charge is 2.25. The van der Waals surface area contributed by atoms with Gasteiger partial charge in [-0.05, 0) is 31.9 Å². The predicted octanol–water partition coefficient (Wildman–Crippen LogP) is 1.44. The van der Waals surface area contributed by atoms with Crippen molar-refractivity contribution in [3.8, 4) is 6.07 Å². The molecule has 106 valence electrons. The molecule has 0 aromatic heterocycles. The van der Waals surface area contributed by atoms with Crippen molar-refractivity contribution in [2.24, 2.45) is 11.7 Å². The SMILES string of the molecule is Cc1cc(C)cc(C(=O)N[C@H](C(N)=O)[C@H](C)CC#N)c1. The molecular weight excluding hydrogens is 254 g/mol. The minimum absolute atomic E-state index is 0.154. The van der Waals surface area contributed by atoms with Crippen LogP contribution in [0, 0.1) is 31.1 Å². The number of aryl methyl sites for hydroxylation is 2. The van der Waals surface area contributed by atoms with E-state index in [-0.39, 0.29) is 18.2 Å². The highest BCUT2D eigenvalue weighted by atomic mass is 16.2. The third-order valence-corrected chi connectivity index (χ3v) is 3.06. The molecule has 0 saturated heterocycles. The quantitative estimate of drug-likeness (QED) is 0.849. The second-order valence-corrected chi connectivity index (χ2v) is 5.07. The van der Waals surface area contributed by atoms with Crippen molar-refractivity contribution in [2.45, 2.75) is 33.2 Å². The van der Waals surface area contributed by atoms with Crippen LogP contribution in [0.15, 0.2) is 18.2 Å². The average molecular weight is 273 g/mol. The summed E-state index contributed by atoms with van der Waals surface area (Å²) in [5.41, 5.74) is 7.71. The maximum absolute atomic E-state index is 12.2. The zero-order valence-corrected chi connectivity index (χ0v) is 11.9. The molecule has 1 aromatic rings. The molecule has 0 bridgehead atoms. The lowest BCUT2D eigenvalue weighted by atomic mass is 9.97. The standard InChI is InChI=1S/C15H19N3O2/c1-9-6-10(2)8-12(7-9)15(20)18-13(14(17)19)11(3)4-5-16/h6-8,11,13H,4H2,1-3H3,(H2,17,19)(H,18,20)/t11-,13+/m1/s1. The Balaban J connectivity index is 2.91. The lowest BCUT2D eigenvalue weighted by molar-refractivity contribution is -0.120. The van der Waals surface area contributed by atoms with Gasteiger partial charge in [0.1, 0.15) is 6.04 Å². The maximum Gasteiger partial charge on any atom is 0.251 e. The lowest BCUT2D eigenvalue weighted by Gasteiger charge is -2.20. The minimum Gasteiger partial charge on any atom is -0.368 e. The van der Waals surface area contributed by atoms with E-state index in [2.05, 4.69) is 5.32 Å². The van der Waals surface area contributed by atoms with Gasteiger partial charge in [-0.3, -0.25) is 9.59 Å². The molecule has 0 radical (unpaired) electrons. The van der Waals surface area contributed by atoms with Gasteiger partial charge in [-0.1, -0.05) is 24.1 Å². The normalized spacial score (nSPS) is 13.1. The summed E-state index contributed by atoms with van der Waals surface area (Å²) in [6.07, 6.45) is 0.154. The predicted molar refractivity (Wildman–Crippen MR) is 75.8 cm³/mol. The summed E-state index contributed by atoms with van der Waals surface area (Å²) < 4.78 is 0. The van der Waals surface area contributed by atoms with Gasteiger partial charge in [-0.15, -0.1) is 0 Å². The summed E-state index contributed by atoms with van der Waals surface area (Å²) >= 11 is 0. The summed E-state index contributed by atoms with van der Waals surface area (Å²) in [7, 11) is 0. The molecule has 0 unspecified atom stereocenters. The van der Waals surface area contributed by atoms with Crippen LogP contribution in [0.4, 0.5) is 0 Å². The first kappa shape index (κ1) is 15.7. The third kappa shape index (κ3) is 4.09. The van der Waals surface area contributed by atoms with E-state index in [1.807, 2.05) is 26.0 Å². The highest BCUT2D eigenvalue weighted by Crippen LogP contribution is 2.11. The molecule has 0 spiro atoms. The lowest BCUT2D eigenvalue weighted by Crippen LogP contribution is -2.48. The number of primary amides is 1. The largest absolute Gasteiger partial charge is 0.368 e. The van der Waals surface area contributed by atoms with Gasteiger partial charge in [0.15, 0.2) is 0 Å². The molecule has 0 fully saturated rings. The number of nitrogens with zero attached hydrogens (tertiary/aromatic N) is 1. The molecular formula is C15H19N3O2. The first-order valence-corrected chi connectivity index (χ1v) is 6.40. The van der Waals surface area contributed by atoms with Crippen molar-refractivity contribution >= 4 is 11.8 Å². The molecule has 0 aliphatic carbocycles. The zero-order valence-electron chi connectivity index (χ0n) is 11.9. The van der Waals surface area contributed by atoms with Crippen LogP contribution in [-0.4, -0.2) is 17.9 Å². The number of nitriles is 1. The van der Waals surface area contributed by atoms with Crippen molar-refractivity contribution in [1.82, 2.24) is 5.32 Å². The number of nitrogens with one attached hydrogen (secondary N) is 1. The summed E-state index contributed by atoms with van der Waals surface area (Å²) in [5, 5.41) is 11.3. The van der Waals surface area contributed by atoms with Gasteiger partial charge in [-0.25, -0.2) is 0 Å². The number of hydrogen-bond acceptors (Lipinski definition) is 3. The molecule has 0 saturated carbocycles. The van der Waals surface area contributed by atoms with Gasteiger partial charge in [-0.2, -0.15) is 5.26 Å². The summed E-state index contributed by atoms with van der Waals surface area (Å²) in [4.78, 5) is 23.6. The number of benzene rings is 1. The van der Waals surface area contributed by atoms with Crippen molar-refractivity contribution in [2.75, 3.05) is 0 Å². The van der Waals surface area contributed by atoms with Gasteiger partial charge in [0.2, 0.25) is 5.91 Å². The van der Waals surface area contributed by atoms with Crippen LogP contribution in [0.3, 0.4) is 0 Å². The van der Waals surface area contributed by atoms with Gasteiger partial charge < -0.3 is 11.1 Å².